The molecule has 2 aliphatic rings. The lowest BCUT2D eigenvalue weighted by molar-refractivity contribution is 0.0240. The smallest absolute Gasteiger partial charge is 0.165 e. The van der Waals surface area contributed by atoms with Crippen LogP contribution in [0, 0.1) is 17.5 Å². The molecule has 0 radical (unpaired) electrons. The van der Waals surface area contributed by atoms with E-state index in [4.69, 9.17) is 9.47 Å². The van der Waals surface area contributed by atoms with Crippen LogP contribution >= 0.6 is 0 Å². The molecule has 30 heavy (non-hydrogen) atoms. The Balaban J connectivity index is 1.63. The number of H-pyrrole nitrogens is 1. The number of nitrogens with zero attached hydrogens (tertiary/aromatic N) is 2. The van der Waals surface area contributed by atoms with Crippen LogP contribution in [0.3, 0.4) is 0 Å². The molecule has 2 N–H and O–H groups in total. The molecule has 3 aromatic rings. The fourth-order valence-electron chi connectivity index (χ4n) is 3.60. The zero-order chi connectivity index (χ0) is 20.7. The highest BCUT2D eigenvalue weighted by Gasteiger charge is 2.26. The second kappa shape index (κ2) is 7.49. The van der Waals surface area contributed by atoms with Crippen LogP contribution in [0.25, 0.3) is 11.3 Å². The summed E-state index contributed by atoms with van der Waals surface area (Å²) in [6.07, 6.45) is 2.64. The van der Waals surface area contributed by atoms with Gasteiger partial charge in [-0.1, -0.05) is 6.07 Å². The summed E-state index contributed by atoms with van der Waals surface area (Å²) in [5.41, 5.74) is 1.16. The maximum atomic E-state index is 14.8. The molecule has 3 heterocycles. The highest BCUT2D eigenvalue weighted by atomic mass is 19.1. The van der Waals surface area contributed by atoms with E-state index in [2.05, 4.69) is 20.5 Å². The van der Waals surface area contributed by atoms with Gasteiger partial charge in [-0.2, -0.15) is 5.10 Å². The van der Waals surface area contributed by atoms with Gasteiger partial charge in [0.05, 0.1) is 30.2 Å². The third-order valence-electron chi connectivity index (χ3n) is 5.09. The number of anilines is 1. The molecule has 9 heteroatoms. The highest BCUT2D eigenvalue weighted by Crippen LogP contribution is 2.41. The molecule has 2 aliphatic heterocycles. The minimum Gasteiger partial charge on any atom is -0.487 e. The van der Waals surface area contributed by atoms with Gasteiger partial charge < -0.3 is 14.8 Å². The first-order chi connectivity index (χ1) is 14.6. The van der Waals surface area contributed by atoms with Gasteiger partial charge in [-0.3, -0.25) is 5.10 Å². The number of amidine groups is 1. The van der Waals surface area contributed by atoms with Gasteiger partial charge in [0.25, 0.3) is 0 Å². The predicted octanol–water partition coefficient (Wildman–Crippen LogP) is 4.56. The Morgan fingerprint density at radius 3 is 2.57 bits per heavy atom. The van der Waals surface area contributed by atoms with E-state index < -0.39 is 17.5 Å². The van der Waals surface area contributed by atoms with E-state index in [1.54, 1.807) is 0 Å². The van der Waals surface area contributed by atoms with Gasteiger partial charge in [0.2, 0.25) is 0 Å². The zero-order valence-corrected chi connectivity index (χ0v) is 15.7. The van der Waals surface area contributed by atoms with Crippen LogP contribution in [0.2, 0.25) is 0 Å². The van der Waals surface area contributed by atoms with Crippen molar-refractivity contribution in [1.82, 2.24) is 10.2 Å². The number of aromatic amines is 1. The molecule has 0 saturated carbocycles. The van der Waals surface area contributed by atoms with Gasteiger partial charge in [-0.05, 0) is 18.2 Å². The van der Waals surface area contributed by atoms with Crippen LogP contribution in [0.15, 0.2) is 41.5 Å². The Morgan fingerprint density at radius 2 is 1.80 bits per heavy atom. The Labute approximate surface area is 169 Å². The Bertz CT molecular complexity index is 1120. The van der Waals surface area contributed by atoms with Crippen molar-refractivity contribution < 1.29 is 22.6 Å². The number of rotatable bonds is 3. The van der Waals surface area contributed by atoms with Gasteiger partial charge in [0.1, 0.15) is 29.3 Å². The van der Waals surface area contributed by atoms with Crippen molar-refractivity contribution in [3.63, 3.8) is 0 Å². The Kier molecular flexibility index (Phi) is 4.66. The van der Waals surface area contributed by atoms with E-state index in [-0.39, 0.29) is 28.9 Å². The van der Waals surface area contributed by atoms with E-state index in [1.807, 2.05) is 0 Å². The van der Waals surface area contributed by atoms with E-state index >= 15 is 0 Å². The van der Waals surface area contributed by atoms with E-state index in [0.29, 0.717) is 43.0 Å². The summed E-state index contributed by atoms with van der Waals surface area (Å²) >= 11 is 0. The van der Waals surface area contributed by atoms with Crippen molar-refractivity contribution in [2.75, 3.05) is 18.5 Å². The molecule has 0 atom stereocenters. The van der Waals surface area contributed by atoms with Gasteiger partial charge in [0.15, 0.2) is 11.6 Å². The van der Waals surface area contributed by atoms with E-state index in [1.165, 1.54) is 24.4 Å². The number of fused-ring (bicyclic) bond motifs is 3. The fourth-order valence-corrected chi connectivity index (χ4v) is 3.60. The standard InChI is InChI=1S/C21H17F3N4O2/c22-13-2-1-3-14(23)19(13)21-26-16-9-18(30-11-4-6-29-7-5-11)15(24)8-12(16)20-17(27-21)10-25-28-20/h1-3,8-11H,4-7H2,(H,25,28)(H,26,27). The maximum absolute atomic E-state index is 14.8. The van der Waals surface area contributed by atoms with Gasteiger partial charge in [-0.25, -0.2) is 18.2 Å². The number of aromatic nitrogens is 2. The summed E-state index contributed by atoms with van der Waals surface area (Å²) in [6.45, 7) is 1.10. The molecule has 0 unspecified atom stereocenters. The Morgan fingerprint density at radius 1 is 1.03 bits per heavy atom. The number of hydrogen-bond acceptors (Lipinski definition) is 5. The minimum absolute atomic E-state index is 0.0248. The Hall–Kier alpha value is -3.33. The summed E-state index contributed by atoms with van der Waals surface area (Å²) in [5, 5.41) is 9.73. The summed E-state index contributed by atoms with van der Waals surface area (Å²) in [7, 11) is 0. The molecule has 0 spiro atoms. The molecule has 0 amide bonds. The molecule has 0 aliphatic carbocycles. The second-order valence-electron chi connectivity index (χ2n) is 7.06. The summed E-state index contributed by atoms with van der Waals surface area (Å²) in [4.78, 5) is 4.41. The van der Waals surface area contributed by atoms with Crippen molar-refractivity contribution in [2.45, 2.75) is 18.9 Å². The summed E-state index contributed by atoms with van der Waals surface area (Å²) in [5.74, 6) is -2.12. The van der Waals surface area contributed by atoms with Crippen LogP contribution in [0.5, 0.6) is 5.75 Å². The third-order valence-corrected chi connectivity index (χ3v) is 5.09. The molecule has 0 bridgehead atoms. The van der Waals surface area contributed by atoms with Crippen molar-refractivity contribution >= 4 is 17.2 Å². The molecule has 154 valence electrons. The predicted molar refractivity (Wildman–Crippen MR) is 105 cm³/mol. The first-order valence-corrected chi connectivity index (χ1v) is 9.52. The van der Waals surface area contributed by atoms with Crippen LogP contribution in [-0.2, 0) is 4.74 Å². The molecular formula is C21H17F3N4O2. The normalized spacial score (nSPS) is 16.2. The van der Waals surface area contributed by atoms with Crippen molar-refractivity contribution in [1.29, 1.82) is 0 Å². The maximum Gasteiger partial charge on any atom is 0.165 e. The molecule has 6 nitrogen and oxygen atoms in total. The van der Waals surface area contributed by atoms with Crippen LogP contribution in [0.4, 0.5) is 24.5 Å². The first kappa shape index (κ1) is 18.7. The lowest BCUT2D eigenvalue weighted by Gasteiger charge is -2.23. The zero-order valence-electron chi connectivity index (χ0n) is 15.7. The minimum atomic E-state index is -0.768. The van der Waals surface area contributed by atoms with Crippen LogP contribution in [0.1, 0.15) is 18.4 Å². The molecule has 2 aromatic carbocycles. The summed E-state index contributed by atoms with van der Waals surface area (Å²) < 4.78 is 54.8. The molecule has 1 fully saturated rings. The quantitative estimate of drug-likeness (QED) is 0.659. The molecule has 1 aromatic heterocycles. The van der Waals surface area contributed by atoms with Crippen molar-refractivity contribution in [3.8, 4) is 17.0 Å². The number of aliphatic imine (C=N–C) groups is 1. The average Bonchev–Trinajstić information content (AvgIpc) is 3.13. The van der Waals surface area contributed by atoms with Crippen LogP contribution in [-0.4, -0.2) is 35.4 Å². The first-order valence-electron chi connectivity index (χ1n) is 9.52. The van der Waals surface area contributed by atoms with Gasteiger partial charge in [-0.15, -0.1) is 0 Å². The third kappa shape index (κ3) is 3.30. The van der Waals surface area contributed by atoms with Crippen molar-refractivity contribution in [3.05, 3.63) is 59.5 Å². The number of halogens is 3. The number of benzene rings is 2. The lowest BCUT2D eigenvalue weighted by Crippen LogP contribution is -2.26. The fraction of sp³-hybridized carbons (Fsp3) is 0.238. The largest absolute Gasteiger partial charge is 0.487 e. The van der Waals surface area contributed by atoms with Crippen molar-refractivity contribution in [2.24, 2.45) is 4.99 Å². The molecular weight excluding hydrogens is 397 g/mol. The topological polar surface area (TPSA) is 71.5 Å². The summed E-state index contributed by atoms with van der Waals surface area (Å²) in [6, 6.07) is 6.28. The molecule has 5 rings (SSSR count). The highest BCUT2D eigenvalue weighted by molar-refractivity contribution is 6.13. The van der Waals surface area contributed by atoms with E-state index in [9.17, 15) is 13.2 Å². The number of nitrogens with one attached hydrogen (secondary N) is 2. The average molecular weight is 414 g/mol. The van der Waals surface area contributed by atoms with E-state index in [0.717, 1.165) is 12.1 Å². The van der Waals surface area contributed by atoms with Gasteiger partial charge >= 0.3 is 0 Å². The van der Waals surface area contributed by atoms with Crippen LogP contribution < -0.4 is 10.1 Å². The number of ether oxygens (including phenoxy) is 2. The monoisotopic (exact) mass is 414 g/mol. The second-order valence-corrected chi connectivity index (χ2v) is 7.06. The number of hydrogen-bond donors (Lipinski definition) is 2. The molecule has 1 saturated heterocycles. The lowest BCUT2D eigenvalue weighted by atomic mass is 10.1. The van der Waals surface area contributed by atoms with Gasteiger partial charge in [0, 0.05) is 30.7 Å². The SMILES string of the molecule is Fc1cc2c(cc1OC1CCOCC1)N=C(c1c(F)cccc1F)Nc1c[nH]nc1-2.